The summed E-state index contributed by atoms with van der Waals surface area (Å²) < 4.78 is 29.6. The summed E-state index contributed by atoms with van der Waals surface area (Å²) in [5, 5.41) is 0. The summed E-state index contributed by atoms with van der Waals surface area (Å²) in [7, 11) is 1.49. The predicted octanol–water partition coefficient (Wildman–Crippen LogP) is 2.31. The molecular formula is C9H12F2N2O. The summed E-state index contributed by atoms with van der Waals surface area (Å²) in [6.45, 7) is 1.72. The molecule has 1 aromatic rings. The first-order valence-electron chi connectivity index (χ1n) is 4.12. The number of nitrogens with zero attached hydrogens (tertiary/aromatic N) is 1. The lowest BCUT2D eigenvalue weighted by Gasteiger charge is -2.12. The van der Waals surface area contributed by atoms with Crippen molar-refractivity contribution in [2.75, 3.05) is 12.8 Å². The van der Waals surface area contributed by atoms with E-state index in [9.17, 15) is 8.78 Å². The Morgan fingerprint density at radius 2 is 2.14 bits per heavy atom. The van der Waals surface area contributed by atoms with Crippen LogP contribution in [-0.2, 0) is 4.74 Å². The number of hydrogen-bond donors (Lipinski definition) is 1. The van der Waals surface area contributed by atoms with E-state index in [0.717, 1.165) is 6.20 Å². The van der Waals surface area contributed by atoms with Crippen LogP contribution in [0.15, 0.2) is 12.3 Å². The minimum absolute atomic E-state index is 0.141. The Morgan fingerprint density at radius 1 is 1.50 bits per heavy atom. The number of rotatable bonds is 3. The van der Waals surface area contributed by atoms with Gasteiger partial charge >= 0.3 is 0 Å². The van der Waals surface area contributed by atoms with Crippen LogP contribution in [0, 0.1) is 0 Å². The third kappa shape index (κ3) is 2.17. The maximum absolute atomic E-state index is 12.3. The van der Waals surface area contributed by atoms with E-state index in [1.807, 2.05) is 0 Å². The van der Waals surface area contributed by atoms with E-state index in [1.54, 1.807) is 6.92 Å². The van der Waals surface area contributed by atoms with Crippen molar-refractivity contribution < 1.29 is 13.5 Å². The highest BCUT2D eigenvalue weighted by Crippen LogP contribution is 2.26. The highest BCUT2D eigenvalue weighted by Gasteiger charge is 2.14. The first-order chi connectivity index (χ1) is 6.56. The summed E-state index contributed by atoms with van der Waals surface area (Å²) in [6, 6.07) is 1.32. The third-order valence-electron chi connectivity index (χ3n) is 2.01. The number of ether oxygens (including phenoxy) is 1. The third-order valence-corrected chi connectivity index (χ3v) is 2.01. The van der Waals surface area contributed by atoms with E-state index in [0.29, 0.717) is 5.56 Å². The monoisotopic (exact) mass is 202 g/mol. The van der Waals surface area contributed by atoms with E-state index in [1.165, 1.54) is 13.2 Å². The lowest BCUT2D eigenvalue weighted by molar-refractivity contribution is 0.118. The number of methoxy groups -OCH3 is 1. The molecule has 1 aromatic heterocycles. The number of halogens is 2. The SMILES string of the molecule is COC(C)c1cc(C(F)F)cnc1N. The number of alkyl halides is 2. The Labute approximate surface area is 80.9 Å². The van der Waals surface area contributed by atoms with Gasteiger partial charge in [0.25, 0.3) is 6.43 Å². The normalized spacial score (nSPS) is 13.2. The van der Waals surface area contributed by atoms with Gasteiger partial charge in [-0.1, -0.05) is 0 Å². The van der Waals surface area contributed by atoms with E-state index in [4.69, 9.17) is 10.5 Å². The van der Waals surface area contributed by atoms with Crippen LogP contribution in [0.25, 0.3) is 0 Å². The molecule has 1 rings (SSSR count). The molecule has 0 aromatic carbocycles. The van der Waals surface area contributed by atoms with E-state index >= 15 is 0 Å². The van der Waals surface area contributed by atoms with Gasteiger partial charge in [-0.25, -0.2) is 13.8 Å². The van der Waals surface area contributed by atoms with Gasteiger partial charge in [0.2, 0.25) is 0 Å². The van der Waals surface area contributed by atoms with E-state index in [-0.39, 0.29) is 17.5 Å². The van der Waals surface area contributed by atoms with Crippen molar-refractivity contribution >= 4 is 5.82 Å². The molecule has 1 unspecified atom stereocenters. The molecule has 0 bridgehead atoms. The zero-order chi connectivity index (χ0) is 10.7. The van der Waals surface area contributed by atoms with Crippen molar-refractivity contribution in [3.8, 4) is 0 Å². The molecule has 1 atom stereocenters. The fourth-order valence-electron chi connectivity index (χ4n) is 1.08. The van der Waals surface area contributed by atoms with Crippen LogP contribution in [-0.4, -0.2) is 12.1 Å². The van der Waals surface area contributed by atoms with Gasteiger partial charge in [0.05, 0.1) is 6.10 Å². The number of nitrogen functional groups attached to an aromatic ring is 1. The molecule has 78 valence electrons. The Morgan fingerprint density at radius 3 is 2.64 bits per heavy atom. The Balaban J connectivity index is 3.08. The maximum atomic E-state index is 12.3. The number of anilines is 1. The first kappa shape index (κ1) is 10.8. The Bertz CT molecular complexity index is 318. The second-order valence-corrected chi connectivity index (χ2v) is 2.92. The Hall–Kier alpha value is -1.23. The van der Waals surface area contributed by atoms with Gasteiger partial charge in [-0.15, -0.1) is 0 Å². The molecule has 2 N–H and O–H groups in total. The summed E-state index contributed by atoms with van der Waals surface area (Å²) >= 11 is 0. The molecule has 3 nitrogen and oxygen atoms in total. The standard InChI is InChI=1S/C9H12F2N2O/c1-5(14-2)7-3-6(8(10)11)4-13-9(7)12/h3-5,8H,1-2H3,(H2,12,13). The summed E-state index contributed by atoms with van der Waals surface area (Å²) in [5.74, 6) is 0.226. The molecule has 1 heterocycles. The van der Waals surface area contributed by atoms with E-state index < -0.39 is 6.43 Å². The van der Waals surface area contributed by atoms with Crippen LogP contribution in [0.1, 0.15) is 30.6 Å². The number of nitrogens with two attached hydrogens (primary N) is 1. The minimum Gasteiger partial charge on any atom is -0.383 e. The van der Waals surface area contributed by atoms with Gasteiger partial charge in [-0.3, -0.25) is 0 Å². The lowest BCUT2D eigenvalue weighted by atomic mass is 10.1. The molecule has 0 aliphatic rings. The summed E-state index contributed by atoms with van der Waals surface area (Å²) in [4.78, 5) is 3.69. The zero-order valence-electron chi connectivity index (χ0n) is 8.00. The topological polar surface area (TPSA) is 48.1 Å². The molecule has 0 amide bonds. The second-order valence-electron chi connectivity index (χ2n) is 2.92. The van der Waals surface area contributed by atoms with Crippen molar-refractivity contribution in [3.63, 3.8) is 0 Å². The van der Waals surface area contributed by atoms with Crippen LogP contribution in [0.2, 0.25) is 0 Å². The van der Waals surface area contributed by atoms with Crippen LogP contribution in [0.3, 0.4) is 0 Å². The van der Waals surface area contributed by atoms with Gasteiger partial charge < -0.3 is 10.5 Å². The minimum atomic E-state index is -2.54. The molecule has 0 radical (unpaired) electrons. The van der Waals surface area contributed by atoms with Crippen molar-refractivity contribution in [1.82, 2.24) is 4.98 Å². The van der Waals surface area contributed by atoms with Crippen LogP contribution in [0.4, 0.5) is 14.6 Å². The predicted molar refractivity (Wildman–Crippen MR) is 49.0 cm³/mol. The molecule has 0 aliphatic carbocycles. The van der Waals surface area contributed by atoms with Gasteiger partial charge in [0.1, 0.15) is 5.82 Å². The quantitative estimate of drug-likeness (QED) is 0.818. The fraction of sp³-hybridized carbons (Fsp3) is 0.444. The molecule has 0 saturated heterocycles. The first-order valence-corrected chi connectivity index (χ1v) is 4.12. The highest BCUT2D eigenvalue weighted by atomic mass is 19.3. The maximum Gasteiger partial charge on any atom is 0.265 e. The summed E-state index contributed by atoms with van der Waals surface area (Å²) in [5.41, 5.74) is 5.88. The number of pyridine rings is 1. The molecule has 14 heavy (non-hydrogen) atoms. The van der Waals surface area contributed by atoms with Crippen LogP contribution in [0.5, 0.6) is 0 Å². The second kappa shape index (κ2) is 4.32. The molecular weight excluding hydrogens is 190 g/mol. The molecule has 0 spiro atoms. The van der Waals surface area contributed by atoms with Crippen molar-refractivity contribution in [1.29, 1.82) is 0 Å². The average molecular weight is 202 g/mol. The smallest absolute Gasteiger partial charge is 0.265 e. The fourth-order valence-corrected chi connectivity index (χ4v) is 1.08. The van der Waals surface area contributed by atoms with Crippen molar-refractivity contribution in [2.45, 2.75) is 19.5 Å². The number of aromatic nitrogens is 1. The van der Waals surface area contributed by atoms with E-state index in [2.05, 4.69) is 4.98 Å². The van der Waals surface area contributed by atoms with Crippen LogP contribution < -0.4 is 5.73 Å². The molecule has 0 saturated carbocycles. The largest absolute Gasteiger partial charge is 0.383 e. The molecule has 0 aliphatic heterocycles. The van der Waals surface area contributed by atoms with Gasteiger partial charge in [-0.2, -0.15) is 0 Å². The zero-order valence-corrected chi connectivity index (χ0v) is 8.00. The Kier molecular flexibility index (Phi) is 3.35. The highest BCUT2D eigenvalue weighted by molar-refractivity contribution is 5.42. The van der Waals surface area contributed by atoms with Gasteiger partial charge in [-0.05, 0) is 13.0 Å². The number of hydrogen-bond acceptors (Lipinski definition) is 3. The average Bonchev–Trinajstić information content (AvgIpc) is 2.17. The lowest BCUT2D eigenvalue weighted by Crippen LogP contribution is -2.04. The summed E-state index contributed by atoms with van der Waals surface area (Å²) in [6.07, 6.45) is -1.79. The molecule has 5 heteroatoms. The van der Waals surface area contributed by atoms with Gasteiger partial charge in [0.15, 0.2) is 0 Å². The van der Waals surface area contributed by atoms with Crippen molar-refractivity contribution in [2.24, 2.45) is 0 Å². The molecule has 0 fully saturated rings. The van der Waals surface area contributed by atoms with Crippen LogP contribution >= 0.6 is 0 Å². The van der Waals surface area contributed by atoms with Gasteiger partial charge in [0, 0.05) is 24.4 Å². The van der Waals surface area contributed by atoms with Crippen molar-refractivity contribution in [3.05, 3.63) is 23.4 Å².